The summed E-state index contributed by atoms with van der Waals surface area (Å²) in [4.78, 5) is 31.3. The van der Waals surface area contributed by atoms with E-state index in [1.807, 2.05) is 18.2 Å². The average Bonchev–Trinajstić information content (AvgIpc) is 3.60. The van der Waals surface area contributed by atoms with Gasteiger partial charge in [0.2, 0.25) is 0 Å². The Balaban J connectivity index is 0.00000128. The second-order valence-electron chi connectivity index (χ2n) is 25.5. The van der Waals surface area contributed by atoms with Crippen molar-refractivity contribution in [2.24, 2.45) is 0 Å². The molecular formula is C81H129EuO6. The van der Waals surface area contributed by atoms with Gasteiger partial charge in [0.1, 0.15) is 0 Å². The molecule has 88 heavy (non-hydrogen) atoms. The van der Waals surface area contributed by atoms with Crippen LogP contribution in [0.1, 0.15) is 380 Å². The maximum Gasteiger partial charge on any atom is 3.00 e. The third kappa shape index (κ3) is 50.5. The standard InChI is InChI=1S/3C27H44O2.Eu/c3*1-3-5-6-7-8-11-14-17-25(26-22-20-24(4-2)21-23-26)18-15-12-9-10-13-16-19-27(28)29;/h3*4,20-23,25H,2-3,5-19H2,1H3,(H,28,29);/q;;;+3/p-3. The molecule has 3 aromatic rings. The molecule has 0 spiro atoms. The second-order valence-corrected chi connectivity index (χ2v) is 25.5. The van der Waals surface area contributed by atoms with E-state index < -0.39 is 17.9 Å². The Morgan fingerprint density at radius 1 is 0.284 bits per heavy atom. The van der Waals surface area contributed by atoms with Crippen LogP contribution >= 0.6 is 0 Å². The van der Waals surface area contributed by atoms with E-state index in [1.165, 1.54) is 265 Å². The number of carboxylic acids is 3. The first-order valence-electron chi connectivity index (χ1n) is 36.3. The number of unbranched alkanes of at least 4 members (excludes halogenated alkanes) is 33. The summed E-state index contributed by atoms with van der Waals surface area (Å²) in [6.45, 7) is 18.4. The summed E-state index contributed by atoms with van der Waals surface area (Å²) in [6.07, 6.45) is 62.7. The number of rotatable bonds is 57. The fourth-order valence-corrected chi connectivity index (χ4v) is 12.3. The first-order chi connectivity index (χ1) is 42.5. The van der Waals surface area contributed by atoms with Gasteiger partial charge in [-0.1, -0.05) is 363 Å². The van der Waals surface area contributed by atoms with Crippen LogP contribution in [0.25, 0.3) is 18.2 Å². The molecule has 3 atom stereocenters. The first-order valence-corrected chi connectivity index (χ1v) is 36.3. The molecular weight excluding hydrogens is 1220 g/mol. The van der Waals surface area contributed by atoms with E-state index in [0.717, 1.165) is 57.8 Å². The SMILES string of the molecule is C=Cc1ccc(C(CCCCCCCCC)CCCCCCCCC(=O)[O-])cc1.C=Cc1ccc(C(CCCCCCCCC)CCCCCCCCC(=O)[O-])cc1.C=Cc1ccc(C(CCCCCCCCC)CCCCCCCCC(=O)[O-])cc1.[Eu+3]. The summed E-state index contributed by atoms with van der Waals surface area (Å²) < 4.78 is 0. The van der Waals surface area contributed by atoms with Crippen LogP contribution in [-0.4, -0.2) is 17.9 Å². The summed E-state index contributed by atoms with van der Waals surface area (Å²) in [7, 11) is 0. The van der Waals surface area contributed by atoms with Crippen LogP contribution in [0, 0.1) is 49.4 Å². The van der Waals surface area contributed by atoms with Gasteiger partial charge in [-0.2, -0.15) is 0 Å². The molecule has 0 fully saturated rings. The zero-order valence-electron chi connectivity index (χ0n) is 56.8. The van der Waals surface area contributed by atoms with Gasteiger partial charge < -0.3 is 29.7 Å². The van der Waals surface area contributed by atoms with Gasteiger partial charge in [0.05, 0.1) is 0 Å². The van der Waals surface area contributed by atoms with Crippen molar-refractivity contribution >= 4 is 36.1 Å². The number of hydrogen-bond donors (Lipinski definition) is 0. The number of benzene rings is 3. The zero-order chi connectivity index (χ0) is 63.5. The van der Waals surface area contributed by atoms with E-state index >= 15 is 0 Å². The van der Waals surface area contributed by atoms with E-state index in [9.17, 15) is 29.7 Å². The van der Waals surface area contributed by atoms with Crippen LogP contribution in [0.4, 0.5) is 0 Å². The predicted octanol–water partition coefficient (Wildman–Crippen LogP) is 22.3. The van der Waals surface area contributed by atoms with Crippen LogP contribution in [0.15, 0.2) is 92.5 Å². The fourth-order valence-electron chi connectivity index (χ4n) is 12.3. The minimum absolute atomic E-state index is 0. The van der Waals surface area contributed by atoms with Crippen molar-refractivity contribution in [2.45, 2.75) is 347 Å². The predicted molar refractivity (Wildman–Crippen MR) is 371 cm³/mol. The maximum absolute atomic E-state index is 10.4. The fraction of sp³-hybridized carbons (Fsp3) is 0.667. The molecule has 7 heteroatoms. The van der Waals surface area contributed by atoms with E-state index in [2.05, 4.69) is 113 Å². The molecule has 0 aliphatic heterocycles. The quantitative estimate of drug-likeness (QED) is 0.0519. The van der Waals surface area contributed by atoms with Crippen LogP contribution in [0.3, 0.4) is 0 Å². The van der Waals surface area contributed by atoms with E-state index in [-0.39, 0.29) is 68.6 Å². The Labute approximate surface area is 582 Å². The van der Waals surface area contributed by atoms with Crippen molar-refractivity contribution in [1.82, 2.24) is 0 Å². The van der Waals surface area contributed by atoms with Crippen molar-refractivity contribution in [3.63, 3.8) is 0 Å². The Bertz CT molecular complexity index is 1840. The number of aliphatic carboxylic acids is 3. The molecule has 0 bridgehead atoms. The third-order valence-electron chi connectivity index (χ3n) is 17.9. The van der Waals surface area contributed by atoms with Gasteiger partial charge in [-0.15, -0.1) is 0 Å². The Kier molecular flexibility index (Phi) is 60.4. The van der Waals surface area contributed by atoms with E-state index in [0.29, 0.717) is 17.8 Å². The molecule has 0 radical (unpaired) electrons. The Morgan fingerprint density at radius 2 is 0.443 bits per heavy atom. The summed E-state index contributed by atoms with van der Waals surface area (Å²) in [5.74, 6) is -0.741. The van der Waals surface area contributed by atoms with Crippen LogP contribution in [0.5, 0.6) is 0 Å². The second kappa shape index (κ2) is 62.7. The van der Waals surface area contributed by atoms with Gasteiger partial charge >= 0.3 is 49.4 Å². The number of carbonyl (C=O) groups is 3. The van der Waals surface area contributed by atoms with E-state index in [4.69, 9.17) is 0 Å². The third-order valence-corrected chi connectivity index (χ3v) is 17.9. The molecule has 0 aliphatic carbocycles. The van der Waals surface area contributed by atoms with Crippen LogP contribution in [0.2, 0.25) is 0 Å². The summed E-state index contributed by atoms with van der Waals surface area (Å²) >= 11 is 0. The van der Waals surface area contributed by atoms with Gasteiger partial charge in [0, 0.05) is 17.9 Å². The minimum atomic E-state index is -0.916. The minimum Gasteiger partial charge on any atom is -0.550 e. The van der Waals surface area contributed by atoms with Gasteiger partial charge in [-0.3, -0.25) is 0 Å². The monoisotopic (exact) mass is 1350 g/mol. The molecule has 0 amide bonds. The van der Waals surface area contributed by atoms with Gasteiger partial charge in [-0.25, -0.2) is 0 Å². The van der Waals surface area contributed by atoms with Crippen molar-refractivity contribution in [3.8, 4) is 0 Å². The normalized spacial score (nSPS) is 11.9. The smallest absolute Gasteiger partial charge is 0.550 e. The molecule has 6 nitrogen and oxygen atoms in total. The molecule has 0 aromatic heterocycles. The number of carbonyl (C=O) groups excluding carboxylic acids is 3. The van der Waals surface area contributed by atoms with Crippen LogP contribution < -0.4 is 15.3 Å². The molecule has 0 heterocycles. The molecule has 0 aliphatic rings. The zero-order valence-corrected chi connectivity index (χ0v) is 59.2. The maximum atomic E-state index is 10.4. The summed E-state index contributed by atoms with van der Waals surface area (Å²) in [6, 6.07) is 26.9. The van der Waals surface area contributed by atoms with Gasteiger partial charge in [-0.05, 0) is 128 Å². The largest absolute Gasteiger partial charge is 3.00 e. The first kappa shape index (κ1) is 84.9. The van der Waals surface area contributed by atoms with Crippen molar-refractivity contribution in [3.05, 3.63) is 126 Å². The molecule has 0 saturated heterocycles. The Morgan fingerprint density at radius 3 is 0.602 bits per heavy atom. The van der Waals surface area contributed by atoms with Gasteiger partial charge in [0.25, 0.3) is 0 Å². The molecule has 0 N–H and O–H groups in total. The topological polar surface area (TPSA) is 120 Å². The number of hydrogen-bond acceptors (Lipinski definition) is 6. The van der Waals surface area contributed by atoms with Crippen molar-refractivity contribution in [2.75, 3.05) is 0 Å². The molecule has 3 unspecified atom stereocenters. The molecule has 0 saturated carbocycles. The number of carboxylic acid groups (broad SMARTS) is 3. The molecule has 3 aromatic carbocycles. The average molecular weight is 1350 g/mol. The van der Waals surface area contributed by atoms with Crippen LogP contribution in [-0.2, 0) is 14.4 Å². The summed E-state index contributed by atoms with van der Waals surface area (Å²) in [5, 5.41) is 31.3. The summed E-state index contributed by atoms with van der Waals surface area (Å²) in [5.41, 5.74) is 8.03. The van der Waals surface area contributed by atoms with E-state index in [1.54, 1.807) is 0 Å². The van der Waals surface area contributed by atoms with Gasteiger partial charge in [0.15, 0.2) is 0 Å². The molecule has 3 rings (SSSR count). The molecule has 496 valence electrons. The Hall–Kier alpha value is -3.13. The van der Waals surface area contributed by atoms with Crippen molar-refractivity contribution in [1.29, 1.82) is 0 Å². The van der Waals surface area contributed by atoms with Crippen molar-refractivity contribution < 1.29 is 79.1 Å².